The first-order chi connectivity index (χ1) is 11.2. The van der Waals surface area contributed by atoms with Crippen molar-refractivity contribution in [3.05, 3.63) is 53.9 Å². The Kier molecular flexibility index (Phi) is 4.14. The summed E-state index contributed by atoms with van der Waals surface area (Å²) in [7, 11) is 3.05. The fourth-order valence-electron chi connectivity index (χ4n) is 2.25. The molecule has 3 rings (SSSR count). The smallest absolute Gasteiger partial charge is 0.338 e. The van der Waals surface area contributed by atoms with E-state index in [1.807, 2.05) is 24.3 Å². The summed E-state index contributed by atoms with van der Waals surface area (Å²) in [6.45, 7) is 0.0713. The predicted molar refractivity (Wildman–Crippen MR) is 84.8 cm³/mol. The van der Waals surface area contributed by atoms with E-state index in [0.29, 0.717) is 22.9 Å². The Labute approximate surface area is 133 Å². The molecule has 118 valence electrons. The van der Waals surface area contributed by atoms with Crippen LogP contribution in [0.1, 0.15) is 16.2 Å². The second kappa shape index (κ2) is 6.39. The van der Waals surface area contributed by atoms with Gasteiger partial charge in [-0.25, -0.2) is 9.78 Å². The van der Waals surface area contributed by atoms with Crippen LogP contribution < -0.4 is 9.47 Å². The Morgan fingerprint density at radius 3 is 2.61 bits per heavy atom. The summed E-state index contributed by atoms with van der Waals surface area (Å²) in [5.41, 5.74) is 2.13. The zero-order chi connectivity index (χ0) is 16.2. The molecule has 1 heterocycles. The summed E-state index contributed by atoms with van der Waals surface area (Å²) in [5, 5.41) is 0. The van der Waals surface area contributed by atoms with Crippen molar-refractivity contribution in [3.8, 4) is 11.5 Å². The van der Waals surface area contributed by atoms with Gasteiger partial charge in [0.25, 0.3) is 0 Å². The maximum Gasteiger partial charge on any atom is 0.338 e. The summed E-state index contributed by atoms with van der Waals surface area (Å²) >= 11 is 0. The Morgan fingerprint density at radius 1 is 1.09 bits per heavy atom. The molecule has 2 aromatic carbocycles. The molecule has 0 spiro atoms. The van der Waals surface area contributed by atoms with Crippen molar-refractivity contribution in [2.45, 2.75) is 6.61 Å². The molecule has 0 aliphatic carbocycles. The summed E-state index contributed by atoms with van der Waals surface area (Å²) in [4.78, 5) is 19.6. The first kappa shape index (κ1) is 14.9. The van der Waals surface area contributed by atoms with Crippen LogP contribution in [0, 0.1) is 0 Å². The lowest BCUT2D eigenvalue weighted by Crippen LogP contribution is -2.06. The summed E-state index contributed by atoms with van der Waals surface area (Å²) in [5.74, 6) is 1.18. The van der Waals surface area contributed by atoms with Gasteiger partial charge in [0.1, 0.15) is 12.4 Å². The lowest BCUT2D eigenvalue weighted by Gasteiger charge is -2.09. The molecule has 3 aromatic rings. The molecule has 0 bridgehead atoms. The molecule has 0 amide bonds. The molecule has 1 N–H and O–H groups in total. The standard InChI is InChI=1S/C17H16N2O4/c1-21-14-8-7-11(9-15(14)22-2)17(20)23-10-16-18-12-5-3-4-6-13(12)19-16/h3-9H,10H2,1-2H3,(H,18,19). The van der Waals surface area contributed by atoms with E-state index in [1.165, 1.54) is 14.2 Å². The van der Waals surface area contributed by atoms with E-state index in [9.17, 15) is 4.79 Å². The number of aromatic nitrogens is 2. The number of rotatable bonds is 5. The average Bonchev–Trinajstić information content (AvgIpc) is 3.01. The van der Waals surface area contributed by atoms with Gasteiger partial charge in [0, 0.05) is 0 Å². The van der Waals surface area contributed by atoms with Crippen LogP contribution in [0.2, 0.25) is 0 Å². The van der Waals surface area contributed by atoms with Crippen LogP contribution in [0.5, 0.6) is 11.5 Å². The van der Waals surface area contributed by atoms with E-state index in [-0.39, 0.29) is 6.61 Å². The fraction of sp³-hybridized carbons (Fsp3) is 0.176. The van der Waals surface area contributed by atoms with Gasteiger partial charge in [0.2, 0.25) is 0 Å². The van der Waals surface area contributed by atoms with E-state index < -0.39 is 5.97 Å². The van der Waals surface area contributed by atoms with Gasteiger partial charge in [-0.3, -0.25) is 0 Å². The largest absolute Gasteiger partial charge is 0.493 e. The number of esters is 1. The number of para-hydroxylation sites is 2. The number of benzene rings is 2. The van der Waals surface area contributed by atoms with Crippen LogP contribution in [0.25, 0.3) is 11.0 Å². The van der Waals surface area contributed by atoms with Crippen LogP contribution in [-0.4, -0.2) is 30.2 Å². The van der Waals surface area contributed by atoms with Crippen molar-refractivity contribution >= 4 is 17.0 Å². The molecule has 0 aliphatic heterocycles. The maximum atomic E-state index is 12.1. The molecule has 0 aliphatic rings. The Morgan fingerprint density at radius 2 is 1.87 bits per heavy atom. The van der Waals surface area contributed by atoms with E-state index >= 15 is 0 Å². The van der Waals surface area contributed by atoms with Gasteiger partial charge in [-0.05, 0) is 30.3 Å². The molecule has 6 nitrogen and oxygen atoms in total. The maximum absolute atomic E-state index is 12.1. The number of ether oxygens (including phenoxy) is 3. The Balaban J connectivity index is 1.71. The molecule has 0 saturated carbocycles. The highest BCUT2D eigenvalue weighted by Gasteiger charge is 2.13. The van der Waals surface area contributed by atoms with Gasteiger partial charge in [-0.1, -0.05) is 12.1 Å². The molecule has 0 radical (unpaired) electrons. The quantitative estimate of drug-likeness (QED) is 0.733. The normalized spacial score (nSPS) is 10.5. The number of carbonyl (C=O) groups is 1. The molecular weight excluding hydrogens is 296 g/mol. The van der Waals surface area contributed by atoms with Gasteiger partial charge in [-0.2, -0.15) is 0 Å². The van der Waals surface area contributed by atoms with Gasteiger partial charge in [0.05, 0.1) is 30.8 Å². The van der Waals surface area contributed by atoms with Crippen molar-refractivity contribution in [1.29, 1.82) is 0 Å². The van der Waals surface area contributed by atoms with Crippen molar-refractivity contribution in [2.75, 3.05) is 14.2 Å². The molecule has 0 fully saturated rings. The third-order valence-electron chi connectivity index (χ3n) is 3.40. The zero-order valence-electron chi connectivity index (χ0n) is 12.8. The number of H-pyrrole nitrogens is 1. The SMILES string of the molecule is COc1ccc(C(=O)OCc2nc3ccccc3[nH]2)cc1OC. The molecule has 0 saturated heterocycles. The number of aromatic amines is 1. The highest BCUT2D eigenvalue weighted by Crippen LogP contribution is 2.27. The highest BCUT2D eigenvalue weighted by atomic mass is 16.5. The average molecular weight is 312 g/mol. The number of imidazole rings is 1. The minimum atomic E-state index is -0.452. The van der Waals surface area contributed by atoms with Gasteiger partial charge < -0.3 is 19.2 Å². The van der Waals surface area contributed by atoms with Crippen molar-refractivity contribution < 1.29 is 19.0 Å². The fourth-order valence-corrected chi connectivity index (χ4v) is 2.25. The van der Waals surface area contributed by atoms with Crippen molar-refractivity contribution in [2.24, 2.45) is 0 Å². The van der Waals surface area contributed by atoms with Crippen LogP contribution in [0.3, 0.4) is 0 Å². The number of carbonyl (C=O) groups excluding carboxylic acids is 1. The van der Waals surface area contributed by atoms with E-state index in [0.717, 1.165) is 11.0 Å². The minimum Gasteiger partial charge on any atom is -0.493 e. The highest BCUT2D eigenvalue weighted by molar-refractivity contribution is 5.90. The molecule has 0 unspecified atom stereocenters. The Hall–Kier alpha value is -3.02. The molecule has 6 heteroatoms. The summed E-state index contributed by atoms with van der Waals surface area (Å²) in [6, 6.07) is 12.5. The van der Waals surface area contributed by atoms with Crippen LogP contribution in [0.4, 0.5) is 0 Å². The lowest BCUT2D eigenvalue weighted by molar-refractivity contribution is 0.0463. The number of hydrogen-bond acceptors (Lipinski definition) is 5. The molecule has 0 atom stereocenters. The lowest BCUT2D eigenvalue weighted by atomic mass is 10.2. The topological polar surface area (TPSA) is 73.4 Å². The second-order valence-electron chi connectivity index (χ2n) is 4.85. The number of nitrogens with one attached hydrogen (secondary N) is 1. The van der Waals surface area contributed by atoms with E-state index in [4.69, 9.17) is 14.2 Å². The van der Waals surface area contributed by atoms with Gasteiger partial charge >= 0.3 is 5.97 Å². The third-order valence-corrected chi connectivity index (χ3v) is 3.40. The van der Waals surface area contributed by atoms with Crippen molar-refractivity contribution in [1.82, 2.24) is 9.97 Å². The van der Waals surface area contributed by atoms with Crippen LogP contribution in [-0.2, 0) is 11.3 Å². The number of nitrogens with zero attached hydrogens (tertiary/aromatic N) is 1. The zero-order valence-corrected chi connectivity index (χ0v) is 12.8. The molecule has 23 heavy (non-hydrogen) atoms. The van der Waals surface area contributed by atoms with E-state index in [1.54, 1.807) is 18.2 Å². The second-order valence-corrected chi connectivity index (χ2v) is 4.85. The number of fused-ring (bicyclic) bond motifs is 1. The van der Waals surface area contributed by atoms with Crippen LogP contribution >= 0.6 is 0 Å². The number of hydrogen-bond donors (Lipinski definition) is 1. The first-order valence-corrected chi connectivity index (χ1v) is 7.04. The predicted octanol–water partition coefficient (Wildman–Crippen LogP) is 2.94. The summed E-state index contributed by atoms with van der Waals surface area (Å²) in [6.07, 6.45) is 0. The van der Waals surface area contributed by atoms with Crippen molar-refractivity contribution in [3.63, 3.8) is 0 Å². The third kappa shape index (κ3) is 3.11. The monoisotopic (exact) mass is 312 g/mol. The van der Waals surface area contributed by atoms with Gasteiger partial charge in [0.15, 0.2) is 11.5 Å². The Bertz CT molecular complexity index is 808. The minimum absolute atomic E-state index is 0.0713. The number of methoxy groups -OCH3 is 2. The summed E-state index contributed by atoms with van der Waals surface area (Å²) < 4.78 is 15.6. The molecule has 1 aromatic heterocycles. The molecular formula is C17H16N2O4. The van der Waals surface area contributed by atoms with Gasteiger partial charge in [-0.15, -0.1) is 0 Å². The van der Waals surface area contributed by atoms with E-state index in [2.05, 4.69) is 9.97 Å². The van der Waals surface area contributed by atoms with Crippen LogP contribution in [0.15, 0.2) is 42.5 Å². The first-order valence-electron chi connectivity index (χ1n) is 7.04.